The first-order valence-corrected chi connectivity index (χ1v) is 8.47. The van der Waals surface area contributed by atoms with E-state index in [0.717, 1.165) is 12.5 Å². The van der Waals surface area contributed by atoms with Crippen LogP contribution in [0.2, 0.25) is 0 Å². The smallest absolute Gasteiger partial charge is 0.0332 e. The highest BCUT2D eigenvalue weighted by atomic mass is 15.2. The zero-order valence-electron chi connectivity index (χ0n) is 14.1. The van der Waals surface area contributed by atoms with E-state index in [2.05, 4.69) is 37.7 Å². The van der Waals surface area contributed by atoms with Crippen LogP contribution in [-0.2, 0) is 0 Å². The van der Waals surface area contributed by atoms with Gasteiger partial charge in [0, 0.05) is 18.6 Å². The molecule has 2 N–H and O–H groups in total. The van der Waals surface area contributed by atoms with Crippen molar-refractivity contribution in [1.82, 2.24) is 9.80 Å². The van der Waals surface area contributed by atoms with Gasteiger partial charge in [-0.25, -0.2) is 0 Å². The lowest BCUT2D eigenvalue weighted by molar-refractivity contribution is -0.00138. The molecule has 0 radical (unpaired) electrons. The minimum absolute atomic E-state index is 0.318. The quantitative estimate of drug-likeness (QED) is 0.859. The van der Waals surface area contributed by atoms with Crippen LogP contribution in [0.4, 0.5) is 0 Å². The first-order chi connectivity index (χ1) is 9.37. The van der Waals surface area contributed by atoms with Gasteiger partial charge in [0.2, 0.25) is 0 Å². The molecule has 1 heterocycles. The summed E-state index contributed by atoms with van der Waals surface area (Å²) in [4.78, 5) is 5.08. The van der Waals surface area contributed by atoms with Crippen molar-refractivity contribution in [3.05, 3.63) is 0 Å². The summed E-state index contributed by atoms with van der Waals surface area (Å²) in [6.07, 6.45) is 7.97. The molecule has 3 nitrogen and oxygen atoms in total. The Bertz CT molecular complexity index is 293. The average molecular weight is 281 g/mol. The number of rotatable bonds is 4. The third kappa shape index (κ3) is 3.75. The summed E-state index contributed by atoms with van der Waals surface area (Å²) in [5, 5.41) is 0. The fourth-order valence-corrected chi connectivity index (χ4v) is 4.15. The van der Waals surface area contributed by atoms with E-state index in [4.69, 9.17) is 5.73 Å². The number of hydrogen-bond donors (Lipinski definition) is 1. The first kappa shape index (κ1) is 16.3. The van der Waals surface area contributed by atoms with Crippen molar-refractivity contribution in [1.29, 1.82) is 0 Å². The molecule has 0 amide bonds. The molecule has 0 atom stereocenters. The van der Waals surface area contributed by atoms with Crippen LogP contribution in [0.15, 0.2) is 0 Å². The van der Waals surface area contributed by atoms with E-state index < -0.39 is 0 Å². The van der Waals surface area contributed by atoms with E-state index in [1.165, 1.54) is 58.2 Å². The molecule has 0 bridgehead atoms. The Balaban J connectivity index is 1.91. The molecule has 1 saturated carbocycles. The van der Waals surface area contributed by atoms with E-state index >= 15 is 0 Å². The topological polar surface area (TPSA) is 32.5 Å². The lowest BCUT2D eigenvalue weighted by Crippen LogP contribution is -2.58. The van der Waals surface area contributed by atoms with Gasteiger partial charge in [-0.05, 0) is 77.0 Å². The van der Waals surface area contributed by atoms with Gasteiger partial charge in [-0.3, -0.25) is 4.90 Å². The van der Waals surface area contributed by atoms with Gasteiger partial charge in [-0.2, -0.15) is 0 Å². The highest BCUT2D eigenvalue weighted by Crippen LogP contribution is 2.43. The molecule has 1 aliphatic carbocycles. The summed E-state index contributed by atoms with van der Waals surface area (Å²) in [6, 6.07) is 0. The molecular formula is C17H35N3. The van der Waals surface area contributed by atoms with Crippen LogP contribution in [0.25, 0.3) is 0 Å². The van der Waals surface area contributed by atoms with Crippen molar-refractivity contribution in [2.75, 3.05) is 40.3 Å². The maximum absolute atomic E-state index is 6.22. The summed E-state index contributed by atoms with van der Waals surface area (Å²) in [5.41, 5.74) is 7.07. The molecule has 3 heteroatoms. The molecular weight excluding hydrogens is 246 g/mol. The Hall–Kier alpha value is -0.120. The van der Waals surface area contributed by atoms with Crippen LogP contribution in [0.3, 0.4) is 0 Å². The third-order valence-corrected chi connectivity index (χ3v) is 5.82. The highest BCUT2D eigenvalue weighted by Gasteiger charge is 2.42. The van der Waals surface area contributed by atoms with Crippen molar-refractivity contribution >= 4 is 0 Å². The molecule has 2 aliphatic rings. The van der Waals surface area contributed by atoms with Gasteiger partial charge in [0.25, 0.3) is 0 Å². The number of piperidine rings is 1. The predicted octanol–water partition coefficient (Wildman–Crippen LogP) is 2.56. The van der Waals surface area contributed by atoms with Crippen LogP contribution in [0.1, 0.15) is 52.4 Å². The van der Waals surface area contributed by atoms with E-state index in [-0.39, 0.29) is 0 Å². The fraction of sp³-hybridized carbons (Fsp3) is 1.00. The molecule has 0 unspecified atom stereocenters. The fourth-order valence-electron chi connectivity index (χ4n) is 4.15. The molecule has 0 aromatic heterocycles. The van der Waals surface area contributed by atoms with E-state index in [0.29, 0.717) is 11.0 Å². The van der Waals surface area contributed by atoms with Crippen LogP contribution in [0, 0.1) is 11.3 Å². The SMILES string of the molecule is CN(C)CC1CCN(C2(CN)CCC(C)(C)CC2)CC1. The molecule has 20 heavy (non-hydrogen) atoms. The molecule has 0 spiro atoms. The van der Waals surface area contributed by atoms with Crippen molar-refractivity contribution < 1.29 is 0 Å². The second-order valence-corrected chi connectivity index (χ2v) is 8.29. The van der Waals surface area contributed by atoms with Crippen LogP contribution in [-0.4, -0.2) is 55.6 Å². The van der Waals surface area contributed by atoms with Crippen LogP contribution >= 0.6 is 0 Å². The third-order valence-electron chi connectivity index (χ3n) is 5.82. The molecule has 0 aromatic rings. The lowest BCUT2D eigenvalue weighted by Gasteiger charge is -2.52. The lowest BCUT2D eigenvalue weighted by atomic mass is 9.68. The van der Waals surface area contributed by atoms with Gasteiger partial charge in [-0.1, -0.05) is 13.8 Å². The first-order valence-electron chi connectivity index (χ1n) is 8.47. The molecule has 2 rings (SSSR count). The van der Waals surface area contributed by atoms with Crippen molar-refractivity contribution in [2.45, 2.75) is 57.9 Å². The summed E-state index contributed by atoms with van der Waals surface area (Å²) in [5.74, 6) is 0.885. The maximum Gasteiger partial charge on any atom is 0.0332 e. The zero-order valence-corrected chi connectivity index (χ0v) is 14.1. The van der Waals surface area contributed by atoms with E-state index in [1.54, 1.807) is 0 Å². The Kier molecular flexibility index (Phi) is 5.14. The largest absolute Gasteiger partial charge is 0.329 e. The summed E-state index contributed by atoms with van der Waals surface area (Å²) >= 11 is 0. The molecule has 118 valence electrons. The molecule has 0 aromatic carbocycles. The minimum Gasteiger partial charge on any atom is -0.329 e. The highest BCUT2D eigenvalue weighted by molar-refractivity contribution is 4.99. The molecule has 1 saturated heterocycles. The zero-order chi connectivity index (χ0) is 14.8. The maximum atomic E-state index is 6.22. The monoisotopic (exact) mass is 281 g/mol. The van der Waals surface area contributed by atoms with Gasteiger partial charge in [0.15, 0.2) is 0 Å². The van der Waals surface area contributed by atoms with E-state index in [9.17, 15) is 0 Å². The summed E-state index contributed by atoms with van der Waals surface area (Å²) in [6.45, 7) is 9.44. The molecule has 1 aliphatic heterocycles. The Morgan fingerprint density at radius 1 is 1.05 bits per heavy atom. The second kappa shape index (κ2) is 6.33. The van der Waals surface area contributed by atoms with Crippen molar-refractivity contribution in [3.8, 4) is 0 Å². The van der Waals surface area contributed by atoms with Crippen molar-refractivity contribution in [3.63, 3.8) is 0 Å². The predicted molar refractivity (Wildman–Crippen MR) is 86.9 cm³/mol. The van der Waals surface area contributed by atoms with Gasteiger partial charge in [0.05, 0.1) is 0 Å². The molecule has 2 fully saturated rings. The van der Waals surface area contributed by atoms with Crippen LogP contribution < -0.4 is 5.73 Å². The Morgan fingerprint density at radius 3 is 2.05 bits per heavy atom. The average Bonchev–Trinajstić information content (AvgIpc) is 2.40. The second-order valence-electron chi connectivity index (χ2n) is 8.29. The Morgan fingerprint density at radius 2 is 1.60 bits per heavy atom. The Labute approximate surface area is 125 Å². The summed E-state index contributed by atoms with van der Waals surface area (Å²) in [7, 11) is 4.38. The van der Waals surface area contributed by atoms with Crippen molar-refractivity contribution in [2.24, 2.45) is 17.1 Å². The number of nitrogens with two attached hydrogens (primary N) is 1. The summed E-state index contributed by atoms with van der Waals surface area (Å²) < 4.78 is 0. The number of nitrogens with zero attached hydrogens (tertiary/aromatic N) is 2. The van der Waals surface area contributed by atoms with Gasteiger partial charge in [-0.15, -0.1) is 0 Å². The van der Waals surface area contributed by atoms with E-state index in [1.807, 2.05) is 0 Å². The number of likely N-dealkylation sites (tertiary alicyclic amines) is 1. The normalized spacial score (nSPS) is 27.9. The minimum atomic E-state index is 0.318. The van der Waals surface area contributed by atoms with Gasteiger partial charge >= 0.3 is 0 Å². The van der Waals surface area contributed by atoms with Gasteiger partial charge < -0.3 is 10.6 Å². The van der Waals surface area contributed by atoms with Crippen LogP contribution in [0.5, 0.6) is 0 Å². The van der Waals surface area contributed by atoms with Gasteiger partial charge in [0.1, 0.15) is 0 Å². The standard InChI is InChI=1S/C17H35N3/c1-16(2)7-9-17(14-18,10-8-16)20-11-5-15(6-12-20)13-19(3)4/h15H,5-14,18H2,1-4H3. The number of hydrogen-bond acceptors (Lipinski definition) is 3.